The number of nitrogens with zero attached hydrogens (tertiary/aromatic N) is 2. The number of aryl methyl sites for hydroxylation is 1. The van der Waals surface area contributed by atoms with Crippen LogP contribution < -0.4 is 10.9 Å². The lowest BCUT2D eigenvalue weighted by molar-refractivity contribution is 0.0944. The van der Waals surface area contributed by atoms with E-state index in [9.17, 15) is 18.0 Å². The molecule has 144 valence electrons. The Kier molecular flexibility index (Phi) is 5.41. The first-order valence-corrected chi connectivity index (χ1v) is 10.4. The molecule has 0 saturated carbocycles. The molecular formula is C20H19N3O4S. The van der Waals surface area contributed by atoms with Crippen molar-refractivity contribution in [2.45, 2.75) is 18.4 Å². The highest BCUT2D eigenvalue weighted by atomic mass is 32.2. The zero-order valence-electron chi connectivity index (χ0n) is 15.4. The van der Waals surface area contributed by atoms with E-state index in [0.29, 0.717) is 11.3 Å². The third kappa shape index (κ3) is 4.34. The van der Waals surface area contributed by atoms with Crippen molar-refractivity contribution >= 4 is 15.7 Å². The second-order valence-electron chi connectivity index (χ2n) is 6.39. The Hall–Kier alpha value is -3.26. The number of hydrogen-bond acceptors (Lipinski definition) is 5. The minimum absolute atomic E-state index is 0.142. The summed E-state index contributed by atoms with van der Waals surface area (Å²) < 4.78 is 24.3. The fourth-order valence-electron chi connectivity index (χ4n) is 2.67. The number of aromatic nitrogens is 2. The monoisotopic (exact) mass is 397 g/mol. The molecular weight excluding hydrogens is 378 g/mol. The summed E-state index contributed by atoms with van der Waals surface area (Å²) in [5.41, 5.74) is 1.62. The summed E-state index contributed by atoms with van der Waals surface area (Å²) >= 11 is 0. The third-order valence-corrected chi connectivity index (χ3v) is 5.27. The van der Waals surface area contributed by atoms with Crippen molar-refractivity contribution in [1.82, 2.24) is 14.9 Å². The average Bonchev–Trinajstić information content (AvgIpc) is 2.66. The normalized spacial score (nSPS) is 11.2. The van der Waals surface area contributed by atoms with Crippen LogP contribution in [0.4, 0.5) is 0 Å². The summed E-state index contributed by atoms with van der Waals surface area (Å²) in [7, 11) is -3.28. The van der Waals surface area contributed by atoms with Gasteiger partial charge >= 0.3 is 0 Å². The summed E-state index contributed by atoms with van der Waals surface area (Å²) in [5.74, 6) is -0.598. The van der Waals surface area contributed by atoms with Gasteiger partial charge in [-0.3, -0.25) is 14.2 Å². The van der Waals surface area contributed by atoms with Crippen molar-refractivity contribution in [1.29, 1.82) is 0 Å². The molecule has 2 aromatic carbocycles. The first kappa shape index (κ1) is 19.5. The number of sulfone groups is 1. The molecule has 1 amide bonds. The van der Waals surface area contributed by atoms with Crippen LogP contribution in [0.5, 0.6) is 0 Å². The highest BCUT2D eigenvalue weighted by molar-refractivity contribution is 7.90. The van der Waals surface area contributed by atoms with Crippen LogP contribution in [0.1, 0.15) is 21.6 Å². The van der Waals surface area contributed by atoms with Gasteiger partial charge in [0.15, 0.2) is 15.5 Å². The largest absolute Gasteiger partial charge is 0.346 e. The van der Waals surface area contributed by atoms with Gasteiger partial charge in [-0.05, 0) is 42.3 Å². The fraction of sp³-hybridized carbons (Fsp3) is 0.150. The number of rotatable bonds is 5. The van der Waals surface area contributed by atoms with E-state index in [1.54, 1.807) is 18.2 Å². The topological polar surface area (TPSA) is 98.1 Å². The fourth-order valence-corrected chi connectivity index (χ4v) is 3.30. The van der Waals surface area contributed by atoms with E-state index in [4.69, 9.17) is 0 Å². The number of carbonyl (C=O) groups excluding carboxylic acids is 1. The molecule has 3 aromatic rings. The van der Waals surface area contributed by atoms with Gasteiger partial charge in [-0.1, -0.05) is 24.3 Å². The van der Waals surface area contributed by atoms with Crippen LogP contribution in [-0.2, 0) is 16.4 Å². The molecule has 1 aromatic heterocycles. The van der Waals surface area contributed by atoms with Gasteiger partial charge in [0.1, 0.15) is 0 Å². The zero-order valence-corrected chi connectivity index (χ0v) is 16.2. The molecule has 3 rings (SSSR count). The van der Waals surface area contributed by atoms with Crippen LogP contribution in [0.3, 0.4) is 0 Å². The predicted octanol–water partition coefficient (Wildman–Crippen LogP) is 1.87. The summed E-state index contributed by atoms with van der Waals surface area (Å²) in [4.78, 5) is 29.2. The molecule has 8 heteroatoms. The molecule has 0 spiro atoms. The number of carbonyl (C=O) groups is 1. The summed E-state index contributed by atoms with van der Waals surface area (Å²) in [6.07, 6.45) is 4.04. The highest BCUT2D eigenvalue weighted by Crippen LogP contribution is 2.10. The maximum Gasteiger partial charge on any atom is 0.286 e. The molecule has 0 aliphatic heterocycles. The minimum atomic E-state index is -3.28. The van der Waals surface area contributed by atoms with Gasteiger partial charge in [0.05, 0.1) is 4.90 Å². The molecule has 0 atom stereocenters. The molecule has 0 fully saturated rings. The van der Waals surface area contributed by atoms with Gasteiger partial charge in [0.2, 0.25) is 0 Å². The molecule has 0 aliphatic rings. The van der Waals surface area contributed by atoms with Crippen molar-refractivity contribution in [3.8, 4) is 5.69 Å². The van der Waals surface area contributed by atoms with E-state index >= 15 is 0 Å². The van der Waals surface area contributed by atoms with E-state index < -0.39 is 21.3 Å². The zero-order chi connectivity index (χ0) is 20.3. The van der Waals surface area contributed by atoms with Gasteiger partial charge in [-0.25, -0.2) is 13.4 Å². The molecule has 0 unspecified atom stereocenters. The van der Waals surface area contributed by atoms with Crippen molar-refractivity contribution in [2.75, 3.05) is 6.26 Å². The second-order valence-corrected chi connectivity index (χ2v) is 8.40. The maximum atomic E-state index is 12.7. The quantitative estimate of drug-likeness (QED) is 0.709. The lowest BCUT2D eigenvalue weighted by atomic mass is 10.2. The first-order chi connectivity index (χ1) is 13.3. The lowest BCUT2D eigenvalue weighted by Crippen LogP contribution is -2.33. The number of hydrogen-bond donors (Lipinski definition) is 1. The SMILES string of the molecule is Cc1cccc(-n2ccnc(C(=O)NCc3ccc(S(C)(=O)=O)cc3)c2=O)c1. The smallest absolute Gasteiger partial charge is 0.286 e. The highest BCUT2D eigenvalue weighted by Gasteiger charge is 2.15. The Morgan fingerprint density at radius 3 is 2.50 bits per heavy atom. The molecule has 28 heavy (non-hydrogen) atoms. The van der Waals surface area contributed by atoms with Crippen LogP contribution in [0.25, 0.3) is 5.69 Å². The van der Waals surface area contributed by atoms with Crippen molar-refractivity contribution in [3.63, 3.8) is 0 Å². The molecule has 0 aliphatic carbocycles. The summed E-state index contributed by atoms with van der Waals surface area (Å²) in [6, 6.07) is 13.5. The van der Waals surface area contributed by atoms with Gasteiger partial charge in [-0.2, -0.15) is 0 Å². The van der Waals surface area contributed by atoms with Gasteiger partial charge in [0.25, 0.3) is 11.5 Å². The average molecular weight is 397 g/mol. The molecule has 7 nitrogen and oxygen atoms in total. The molecule has 0 bridgehead atoms. The van der Waals surface area contributed by atoms with Crippen LogP contribution >= 0.6 is 0 Å². The maximum absolute atomic E-state index is 12.7. The Balaban J connectivity index is 1.78. The van der Waals surface area contributed by atoms with E-state index in [1.807, 2.05) is 25.1 Å². The lowest BCUT2D eigenvalue weighted by Gasteiger charge is -2.09. The van der Waals surface area contributed by atoms with E-state index in [0.717, 1.165) is 11.8 Å². The number of amides is 1. The van der Waals surface area contributed by atoms with E-state index in [1.165, 1.54) is 29.1 Å². The second kappa shape index (κ2) is 7.77. The predicted molar refractivity (Wildman–Crippen MR) is 105 cm³/mol. The van der Waals surface area contributed by atoms with Crippen LogP contribution in [-0.4, -0.2) is 30.1 Å². The van der Waals surface area contributed by atoms with Crippen LogP contribution in [0.2, 0.25) is 0 Å². The van der Waals surface area contributed by atoms with Gasteiger partial charge in [-0.15, -0.1) is 0 Å². The molecule has 0 saturated heterocycles. The van der Waals surface area contributed by atoms with E-state index in [2.05, 4.69) is 10.3 Å². The van der Waals surface area contributed by atoms with Crippen molar-refractivity contribution in [3.05, 3.63) is 88.1 Å². The third-order valence-electron chi connectivity index (χ3n) is 4.14. The minimum Gasteiger partial charge on any atom is -0.346 e. The Morgan fingerprint density at radius 1 is 1.14 bits per heavy atom. The van der Waals surface area contributed by atoms with Crippen molar-refractivity contribution in [2.24, 2.45) is 0 Å². The number of benzene rings is 2. The molecule has 1 heterocycles. The first-order valence-electron chi connectivity index (χ1n) is 8.47. The molecule has 0 radical (unpaired) electrons. The summed E-state index contributed by atoms with van der Waals surface area (Å²) in [5, 5.41) is 2.64. The Labute approximate surface area is 162 Å². The standard InChI is InChI=1S/C20H19N3O4S/c1-14-4-3-5-16(12-14)23-11-10-21-18(20(23)25)19(24)22-13-15-6-8-17(9-7-15)28(2,26)27/h3-12H,13H2,1-2H3,(H,22,24). The molecule has 1 N–H and O–H groups in total. The summed E-state index contributed by atoms with van der Waals surface area (Å²) in [6.45, 7) is 2.06. The van der Waals surface area contributed by atoms with Gasteiger partial charge < -0.3 is 5.32 Å². The number of nitrogens with one attached hydrogen (secondary N) is 1. The van der Waals surface area contributed by atoms with E-state index in [-0.39, 0.29) is 17.1 Å². The van der Waals surface area contributed by atoms with Crippen LogP contribution in [0.15, 0.2) is 70.6 Å². The Bertz CT molecular complexity index is 1180. The van der Waals surface area contributed by atoms with Crippen molar-refractivity contribution < 1.29 is 13.2 Å². The van der Waals surface area contributed by atoms with Gasteiger partial charge in [0, 0.05) is 30.9 Å². The van der Waals surface area contributed by atoms with Crippen LogP contribution in [0, 0.1) is 6.92 Å². The Morgan fingerprint density at radius 2 is 1.86 bits per heavy atom.